The Labute approximate surface area is 112 Å². The molecule has 0 spiro atoms. The molecule has 110 valence electrons. The second-order valence-electron chi connectivity index (χ2n) is 4.31. The Morgan fingerprint density at radius 1 is 1.55 bits per heavy atom. The number of carbonyl (C=O) groups is 1. The summed E-state index contributed by atoms with van der Waals surface area (Å²) in [5.74, 6) is 0. The molecule has 0 bridgehead atoms. The smallest absolute Gasteiger partial charge is 0.330 e. The van der Waals surface area contributed by atoms with Crippen molar-refractivity contribution in [3.8, 4) is 0 Å². The van der Waals surface area contributed by atoms with Crippen molar-refractivity contribution in [2.24, 2.45) is 0 Å². The van der Waals surface area contributed by atoms with Crippen LogP contribution in [0.25, 0.3) is 0 Å². The van der Waals surface area contributed by atoms with E-state index >= 15 is 0 Å². The van der Waals surface area contributed by atoms with Crippen molar-refractivity contribution < 1.29 is 24.5 Å². The van der Waals surface area contributed by atoms with Gasteiger partial charge in [-0.15, -0.1) is 0 Å². The summed E-state index contributed by atoms with van der Waals surface area (Å²) in [7, 11) is 1.31. The Morgan fingerprint density at radius 3 is 2.80 bits per heavy atom. The van der Waals surface area contributed by atoms with E-state index in [1.165, 1.54) is 7.11 Å². The van der Waals surface area contributed by atoms with Gasteiger partial charge in [0.2, 0.25) is 0 Å². The normalized spacial score (nSPS) is 29.6. The number of hydrogen-bond donors (Lipinski definition) is 3. The molecule has 4 atom stereocenters. The zero-order valence-electron chi connectivity index (χ0n) is 10.6. The summed E-state index contributed by atoms with van der Waals surface area (Å²) in [6.07, 6.45) is -2.73. The predicted molar refractivity (Wildman–Crippen MR) is 64.5 cm³/mol. The first kappa shape index (κ1) is 14.6. The molecule has 0 amide bonds. The van der Waals surface area contributed by atoms with E-state index in [1.807, 2.05) is 4.98 Å². The third-order valence-electron chi connectivity index (χ3n) is 3.16. The van der Waals surface area contributed by atoms with Crippen LogP contribution in [0.4, 0.5) is 0 Å². The largest absolute Gasteiger partial charge is 0.394 e. The van der Waals surface area contributed by atoms with Crippen LogP contribution in [0, 0.1) is 0 Å². The second-order valence-corrected chi connectivity index (χ2v) is 4.31. The predicted octanol–water partition coefficient (Wildman–Crippen LogP) is -2.39. The van der Waals surface area contributed by atoms with E-state index in [-0.39, 0.29) is 5.56 Å². The minimum absolute atomic E-state index is 0.259. The van der Waals surface area contributed by atoms with Crippen LogP contribution in [0.2, 0.25) is 0 Å². The number of aldehydes is 1. The molecule has 1 saturated heterocycles. The number of rotatable bonds is 4. The number of aliphatic hydroxyl groups is 2. The molecule has 1 aromatic rings. The van der Waals surface area contributed by atoms with E-state index in [0.29, 0.717) is 6.29 Å². The summed E-state index contributed by atoms with van der Waals surface area (Å²) in [6.45, 7) is -0.462. The average Bonchev–Trinajstić information content (AvgIpc) is 2.75. The third-order valence-corrected chi connectivity index (χ3v) is 3.16. The highest BCUT2D eigenvalue weighted by atomic mass is 16.6. The van der Waals surface area contributed by atoms with Crippen molar-refractivity contribution in [1.82, 2.24) is 9.55 Å². The van der Waals surface area contributed by atoms with Crippen molar-refractivity contribution >= 4 is 6.29 Å². The summed E-state index contributed by atoms with van der Waals surface area (Å²) in [4.78, 5) is 35.8. The summed E-state index contributed by atoms with van der Waals surface area (Å²) in [5.41, 5.74) is -1.88. The van der Waals surface area contributed by atoms with Crippen LogP contribution in [0.15, 0.2) is 15.8 Å². The van der Waals surface area contributed by atoms with Crippen molar-refractivity contribution in [2.75, 3.05) is 13.7 Å². The molecule has 2 rings (SSSR count). The summed E-state index contributed by atoms with van der Waals surface area (Å²) in [6, 6.07) is 0. The fraction of sp³-hybridized carbons (Fsp3) is 0.545. The van der Waals surface area contributed by atoms with Gasteiger partial charge < -0.3 is 19.7 Å². The standard InChI is InChI=1S/C11H14N2O7/c1-19-8-7(16)6(4-15)20-10(8)13-2-5(3-14)9(17)12-11(13)18/h2-3,6-8,10,15-16H,4H2,1H3,(H,12,17,18)/t6-,7-,8-,10-/m1/s1. The molecule has 0 unspecified atom stereocenters. The summed E-state index contributed by atoms with van der Waals surface area (Å²) >= 11 is 0. The highest BCUT2D eigenvalue weighted by Crippen LogP contribution is 2.30. The monoisotopic (exact) mass is 286 g/mol. The Morgan fingerprint density at radius 2 is 2.25 bits per heavy atom. The van der Waals surface area contributed by atoms with Gasteiger partial charge in [0, 0.05) is 13.3 Å². The molecule has 9 heteroatoms. The number of H-pyrrole nitrogens is 1. The van der Waals surface area contributed by atoms with E-state index < -0.39 is 42.4 Å². The fourth-order valence-corrected chi connectivity index (χ4v) is 2.12. The number of nitrogens with zero attached hydrogens (tertiary/aromatic N) is 1. The quantitative estimate of drug-likeness (QED) is 0.526. The molecule has 0 radical (unpaired) electrons. The van der Waals surface area contributed by atoms with E-state index in [0.717, 1.165) is 10.8 Å². The molecule has 1 aliphatic rings. The Kier molecular flexibility index (Phi) is 4.14. The van der Waals surface area contributed by atoms with Crippen LogP contribution in [0.1, 0.15) is 16.6 Å². The number of carbonyl (C=O) groups excluding carboxylic acids is 1. The first-order chi connectivity index (χ1) is 9.53. The zero-order chi connectivity index (χ0) is 14.9. The molecule has 0 saturated carbocycles. The maximum absolute atomic E-state index is 11.8. The molecule has 9 nitrogen and oxygen atoms in total. The van der Waals surface area contributed by atoms with Gasteiger partial charge in [-0.2, -0.15) is 0 Å². The van der Waals surface area contributed by atoms with Crippen LogP contribution in [0.3, 0.4) is 0 Å². The van der Waals surface area contributed by atoms with Gasteiger partial charge in [0.1, 0.15) is 18.3 Å². The molecule has 20 heavy (non-hydrogen) atoms. The Bertz CT molecular complexity index is 608. The molecule has 1 fully saturated rings. The lowest BCUT2D eigenvalue weighted by Crippen LogP contribution is -2.39. The van der Waals surface area contributed by atoms with Gasteiger partial charge in [0.05, 0.1) is 12.2 Å². The number of aromatic amines is 1. The average molecular weight is 286 g/mol. The molecule has 3 N–H and O–H groups in total. The highest BCUT2D eigenvalue weighted by molar-refractivity contribution is 5.73. The van der Waals surface area contributed by atoms with Crippen LogP contribution in [0.5, 0.6) is 0 Å². The fourth-order valence-electron chi connectivity index (χ4n) is 2.12. The van der Waals surface area contributed by atoms with Gasteiger partial charge in [0.25, 0.3) is 5.56 Å². The lowest BCUT2D eigenvalue weighted by Gasteiger charge is -2.20. The van der Waals surface area contributed by atoms with Gasteiger partial charge in [-0.3, -0.25) is 19.1 Å². The molecule has 0 aliphatic carbocycles. The number of nitrogens with one attached hydrogen (secondary N) is 1. The second kappa shape index (κ2) is 5.67. The maximum Gasteiger partial charge on any atom is 0.330 e. The number of methoxy groups -OCH3 is 1. The number of aliphatic hydroxyl groups excluding tert-OH is 2. The van der Waals surface area contributed by atoms with E-state index in [4.69, 9.17) is 14.6 Å². The van der Waals surface area contributed by atoms with Crippen LogP contribution in [-0.2, 0) is 9.47 Å². The van der Waals surface area contributed by atoms with Crippen molar-refractivity contribution in [3.63, 3.8) is 0 Å². The minimum Gasteiger partial charge on any atom is -0.394 e. The lowest BCUT2D eigenvalue weighted by atomic mass is 10.1. The Balaban J connectivity index is 2.48. The molecule has 0 aromatic carbocycles. The molecule has 2 heterocycles. The highest BCUT2D eigenvalue weighted by Gasteiger charge is 2.45. The molecular weight excluding hydrogens is 272 g/mol. The Hall–Kier alpha value is -1.81. The summed E-state index contributed by atoms with van der Waals surface area (Å²) < 4.78 is 11.3. The maximum atomic E-state index is 11.8. The van der Waals surface area contributed by atoms with Gasteiger partial charge >= 0.3 is 5.69 Å². The van der Waals surface area contributed by atoms with Gasteiger partial charge in [-0.05, 0) is 0 Å². The van der Waals surface area contributed by atoms with Gasteiger partial charge in [-0.25, -0.2) is 4.79 Å². The summed E-state index contributed by atoms with van der Waals surface area (Å²) in [5, 5.41) is 19.0. The first-order valence-electron chi connectivity index (χ1n) is 5.81. The number of hydrogen-bond acceptors (Lipinski definition) is 7. The van der Waals surface area contributed by atoms with E-state index in [1.54, 1.807) is 0 Å². The van der Waals surface area contributed by atoms with E-state index in [9.17, 15) is 19.5 Å². The first-order valence-corrected chi connectivity index (χ1v) is 5.81. The third kappa shape index (κ3) is 2.31. The zero-order valence-corrected chi connectivity index (χ0v) is 10.6. The number of ether oxygens (including phenoxy) is 2. The molecular formula is C11H14N2O7. The van der Waals surface area contributed by atoms with Crippen LogP contribution < -0.4 is 11.2 Å². The SMILES string of the molecule is CO[C@@H]1[C@H](O)[C@@H](CO)O[C@H]1n1cc(C=O)c(=O)[nH]c1=O. The van der Waals surface area contributed by atoms with Crippen molar-refractivity contribution in [3.05, 3.63) is 32.6 Å². The number of aromatic nitrogens is 2. The van der Waals surface area contributed by atoms with Gasteiger partial charge in [-0.1, -0.05) is 0 Å². The van der Waals surface area contributed by atoms with Crippen LogP contribution >= 0.6 is 0 Å². The molecule has 1 aliphatic heterocycles. The van der Waals surface area contributed by atoms with Crippen molar-refractivity contribution in [1.29, 1.82) is 0 Å². The topological polar surface area (TPSA) is 131 Å². The van der Waals surface area contributed by atoms with E-state index in [2.05, 4.69) is 0 Å². The lowest BCUT2D eigenvalue weighted by molar-refractivity contribution is -0.0625. The van der Waals surface area contributed by atoms with Crippen molar-refractivity contribution in [2.45, 2.75) is 24.5 Å². The minimum atomic E-state index is -1.14. The molecule has 1 aromatic heterocycles. The van der Waals surface area contributed by atoms with Crippen LogP contribution in [-0.4, -0.2) is 58.1 Å². The van der Waals surface area contributed by atoms with Gasteiger partial charge in [0.15, 0.2) is 12.5 Å².